The van der Waals surface area contributed by atoms with Gasteiger partial charge < -0.3 is 10.2 Å². The monoisotopic (exact) mass is 426 g/mol. The Labute approximate surface area is 176 Å². The normalized spacial score (nSPS) is 41.3. The summed E-state index contributed by atoms with van der Waals surface area (Å²) in [7, 11) is 1.69. The van der Waals surface area contributed by atoms with Gasteiger partial charge in [0.15, 0.2) is 0 Å². The van der Waals surface area contributed by atoms with Gasteiger partial charge in [-0.1, -0.05) is 25.8 Å². The van der Waals surface area contributed by atoms with Gasteiger partial charge in [0.2, 0.25) is 11.8 Å². The topological polar surface area (TPSA) is 49.4 Å². The maximum Gasteiger partial charge on any atom is 0.405 e. The average molecular weight is 427 g/mol. The van der Waals surface area contributed by atoms with Crippen molar-refractivity contribution in [3.63, 3.8) is 0 Å². The van der Waals surface area contributed by atoms with Crippen LogP contribution in [0.1, 0.15) is 65.7 Å². The van der Waals surface area contributed by atoms with Gasteiger partial charge in [-0.05, 0) is 68.6 Å². The average Bonchev–Trinajstić information content (AvgIpc) is 3.04. The number of amides is 2. The molecule has 0 spiro atoms. The number of hydrogen-bond acceptors (Lipinski definition) is 2. The molecule has 30 heavy (non-hydrogen) atoms. The fourth-order valence-electron chi connectivity index (χ4n) is 7.76. The highest BCUT2D eigenvalue weighted by atomic mass is 19.4. The zero-order chi connectivity index (χ0) is 22.1. The fraction of sp³-hybridized carbons (Fsp3) is 0.826. The van der Waals surface area contributed by atoms with Gasteiger partial charge in [0.05, 0.1) is 0 Å². The molecule has 1 saturated heterocycles. The third-order valence-electron chi connectivity index (χ3n) is 8.90. The lowest BCUT2D eigenvalue weighted by atomic mass is 9.48. The summed E-state index contributed by atoms with van der Waals surface area (Å²) in [6, 6.07) is 0. The van der Waals surface area contributed by atoms with Crippen LogP contribution in [0.25, 0.3) is 0 Å². The van der Waals surface area contributed by atoms with Gasteiger partial charge in [0, 0.05) is 18.2 Å². The van der Waals surface area contributed by atoms with Gasteiger partial charge >= 0.3 is 6.18 Å². The predicted octanol–water partition coefficient (Wildman–Crippen LogP) is 4.66. The molecule has 1 aliphatic heterocycles. The Balaban J connectivity index is 1.66. The summed E-state index contributed by atoms with van der Waals surface area (Å²) in [6.45, 7) is 5.26. The summed E-state index contributed by atoms with van der Waals surface area (Å²) in [5.74, 6) is -0.701. The van der Waals surface area contributed by atoms with E-state index in [1.165, 1.54) is 24.8 Å². The molecule has 4 aliphatic rings. The van der Waals surface area contributed by atoms with E-state index in [1.807, 2.05) is 5.32 Å². The van der Waals surface area contributed by atoms with Crippen LogP contribution < -0.4 is 5.32 Å². The number of likely N-dealkylation sites (tertiary alicyclic amines) is 1. The zero-order valence-electron chi connectivity index (χ0n) is 18.4. The van der Waals surface area contributed by atoms with E-state index in [2.05, 4.69) is 20.8 Å². The van der Waals surface area contributed by atoms with Gasteiger partial charge in [-0.3, -0.25) is 9.59 Å². The lowest BCUT2D eigenvalue weighted by molar-refractivity contribution is -0.154. The number of alkyl halides is 3. The van der Waals surface area contributed by atoms with Crippen LogP contribution in [0.4, 0.5) is 13.2 Å². The van der Waals surface area contributed by atoms with Crippen molar-refractivity contribution in [2.75, 3.05) is 13.6 Å². The largest absolute Gasteiger partial charge is 0.405 e. The second-order valence-corrected chi connectivity index (χ2v) is 10.7. The molecule has 2 amide bonds. The van der Waals surface area contributed by atoms with E-state index in [4.69, 9.17) is 0 Å². The highest BCUT2D eigenvalue weighted by Gasteiger charge is 2.60. The lowest BCUT2D eigenvalue weighted by Gasteiger charge is -2.59. The quantitative estimate of drug-likeness (QED) is 0.653. The molecule has 0 aromatic heterocycles. The number of nitrogens with zero attached hydrogens (tertiary/aromatic N) is 1. The van der Waals surface area contributed by atoms with Crippen molar-refractivity contribution in [1.29, 1.82) is 0 Å². The number of nitrogens with one attached hydrogen (secondary N) is 1. The van der Waals surface area contributed by atoms with Crippen molar-refractivity contribution in [2.45, 2.75) is 71.9 Å². The van der Waals surface area contributed by atoms with Crippen LogP contribution in [0.2, 0.25) is 0 Å². The molecule has 0 bridgehead atoms. The van der Waals surface area contributed by atoms with Gasteiger partial charge in [-0.25, -0.2) is 0 Å². The van der Waals surface area contributed by atoms with Crippen molar-refractivity contribution >= 4 is 11.8 Å². The van der Waals surface area contributed by atoms with Crippen LogP contribution in [-0.2, 0) is 9.59 Å². The van der Waals surface area contributed by atoms with Gasteiger partial charge in [0.25, 0.3) is 0 Å². The maximum atomic E-state index is 13.0. The van der Waals surface area contributed by atoms with E-state index in [1.54, 1.807) is 11.9 Å². The third-order valence-corrected chi connectivity index (χ3v) is 8.90. The Morgan fingerprint density at radius 3 is 2.57 bits per heavy atom. The van der Waals surface area contributed by atoms with Crippen molar-refractivity contribution in [3.05, 3.63) is 11.3 Å². The third kappa shape index (κ3) is 3.27. The number of carbonyl (C=O) groups is 2. The van der Waals surface area contributed by atoms with Crippen molar-refractivity contribution in [3.8, 4) is 0 Å². The summed E-state index contributed by atoms with van der Waals surface area (Å²) in [5.41, 5.74) is 2.24. The molecule has 1 heterocycles. The standard InChI is InChI=1S/C23H33F3N2O2/c1-13-10-14-16-6-5-8-21(16,2)9-7-17(14)22(3)11-15(20(30)28(4)18(13)22)19(29)27-12-23(24,25)26/h14-17H,5-12H2,1-4H3,(H,27,29)/t14-,15?,16-,17+,21-,22+/m0/s1. The van der Waals surface area contributed by atoms with E-state index in [0.717, 1.165) is 25.0 Å². The lowest BCUT2D eigenvalue weighted by Crippen LogP contribution is -2.58. The van der Waals surface area contributed by atoms with Gasteiger partial charge in [-0.2, -0.15) is 13.2 Å². The molecule has 7 heteroatoms. The number of rotatable bonds is 2. The Hall–Kier alpha value is -1.53. The first-order chi connectivity index (χ1) is 13.9. The fourth-order valence-corrected chi connectivity index (χ4v) is 7.76. The maximum absolute atomic E-state index is 13.0. The SMILES string of the molecule is CC1=C2N(C)C(=O)C(C(=O)NCC(F)(F)F)C[C@]2(C)[C@@H]2CC[C@]3(C)CCC[C@H]3[C@@H]2C1. The summed E-state index contributed by atoms with van der Waals surface area (Å²) in [4.78, 5) is 27.2. The zero-order valence-corrected chi connectivity index (χ0v) is 18.4. The van der Waals surface area contributed by atoms with Crippen LogP contribution in [0.15, 0.2) is 11.3 Å². The van der Waals surface area contributed by atoms with Crippen LogP contribution in [0.3, 0.4) is 0 Å². The van der Waals surface area contributed by atoms with Crippen molar-refractivity contribution in [1.82, 2.24) is 10.2 Å². The van der Waals surface area contributed by atoms with Crippen molar-refractivity contribution in [2.24, 2.45) is 34.5 Å². The van der Waals surface area contributed by atoms with E-state index in [9.17, 15) is 22.8 Å². The van der Waals surface area contributed by atoms with E-state index >= 15 is 0 Å². The summed E-state index contributed by atoms with van der Waals surface area (Å²) in [6.07, 6.45) is 2.78. The molecule has 4 rings (SSSR count). The number of allylic oxidation sites excluding steroid dienone is 2. The molecule has 0 radical (unpaired) electrons. The number of piperidine rings is 1. The van der Waals surface area contributed by atoms with Crippen molar-refractivity contribution < 1.29 is 22.8 Å². The Kier molecular flexibility index (Phi) is 5.06. The summed E-state index contributed by atoms with van der Waals surface area (Å²) >= 11 is 0. The predicted molar refractivity (Wildman–Crippen MR) is 107 cm³/mol. The Morgan fingerprint density at radius 1 is 1.20 bits per heavy atom. The van der Waals surface area contributed by atoms with E-state index in [0.29, 0.717) is 29.6 Å². The number of carbonyl (C=O) groups excluding carboxylic acids is 2. The first kappa shape index (κ1) is 21.7. The number of fused-ring (bicyclic) bond motifs is 5. The minimum Gasteiger partial charge on any atom is -0.346 e. The highest BCUT2D eigenvalue weighted by molar-refractivity contribution is 6.01. The minimum atomic E-state index is -4.49. The first-order valence-corrected chi connectivity index (χ1v) is 11.2. The molecule has 3 aliphatic carbocycles. The van der Waals surface area contributed by atoms with Gasteiger partial charge in [-0.15, -0.1) is 0 Å². The summed E-state index contributed by atoms with van der Waals surface area (Å²) in [5, 5.41) is 1.95. The van der Waals surface area contributed by atoms with Crippen LogP contribution in [0.5, 0.6) is 0 Å². The van der Waals surface area contributed by atoms with E-state index < -0.39 is 24.5 Å². The molecule has 1 unspecified atom stereocenters. The van der Waals surface area contributed by atoms with Gasteiger partial charge in [0.1, 0.15) is 12.5 Å². The first-order valence-electron chi connectivity index (χ1n) is 11.2. The van der Waals surface area contributed by atoms with Crippen LogP contribution in [-0.4, -0.2) is 36.5 Å². The molecular weight excluding hydrogens is 393 g/mol. The molecule has 0 aromatic carbocycles. The number of halogens is 3. The highest BCUT2D eigenvalue weighted by Crippen LogP contribution is 2.65. The molecular formula is C23H33F3N2O2. The minimum absolute atomic E-state index is 0.303. The molecule has 3 fully saturated rings. The summed E-state index contributed by atoms with van der Waals surface area (Å²) < 4.78 is 37.9. The van der Waals surface area contributed by atoms with Crippen LogP contribution in [0, 0.1) is 34.5 Å². The van der Waals surface area contributed by atoms with E-state index in [-0.39, 0.29) is 11.3 Å². The second-order valence-electron chi connectivity index (χ2n) is 10.7. The smallest absolute Gasteiger partial charge is 0.346 e. The molecule has 1 N–H and O–H groups in total. The second kappa shape index (κ2) is 6.99. The Bertz CT molecular complexity index is 792. The molecule has 2 saturated carbocycles. The number of hydrogen-bond donors (Lipinski definition) is 1. The molecule has 0 aromatic rings. The Morgan fingerprint density at radius 2 is 1.90 bits per heavy atom. The molecule has 168 valence electrons. The molecule has 6 atom stereocenters. The van der Waals surface area contributed by atoms with Crippen LogP contribution >= 0.6 is 0 Å². The molecule has 4 nitrogen and oxygen atoms in total.